The maximum atomic E-state index is 14.0. The van der Waals surface area contributed by atoms with E-state index < -0.39 is 11.7 Å². The van der Waals surface area contributed by atoms with Crippen LogP contribution in [0.3, 0.4) is 0 Å². The van der Waals surface area contributed by atoms with Crippen molar-refractivity contribution in [1.29, 1.82) is 0 Å². The first-order chi connectivity index (χ1) is 13.1. The fraction of sp³-hybridized carbons (Fsp3) is 0.167. The molecule has 3 aromatic rings. The number of benzene rings is 2. The highest BCUT2D eigenvalue weighted by molar-refractivity contribution is 6.03. The summed E-state index contributed by atoms with van der Waals surface area (Å²) in [6.45, 7) is 0.137. The molecular weight excluding hydrogens is 351 g/mol. The van der Waals surface area contributed by atoms with E-state index in [1.165, 1.54) is 28.0 Å². The number of amides is 2. The fourth-order valence-corrected chi connectivity index (χ4v) is 3.04. The molecule has 9 heteroatoms. The van der Waals surface area contributed by atoms with Crippen LogP contribution < -0.4 is 10.2 Å². The van der Waals surface area contributed by atoms with Crippen LogP contribution in [-0.2, 0) is 9.59 Å². The van der Waals surface area contributed by atoms with Crippen molar-refractivity contribution < 1.29 is 14.0 Å². The molecule has 1 aliphatic rings. The van der Waals surface area contributed by atoms with Crippen LogP contribution in [0, 0.1) is 11.7 Å². The summed E-state index contributed by atoms with van der Waals surface area (Å²) in [7, 11) is 0. The molecule has 1 aromatic heterocycles. The van der Waals surface area contributed by atoms with Crippen molar-refractivity contribution >= 4 is 23.2 Å². The van der Waals surface area contributed by atoms with Gasteiger partial charge in [-0.1, -0.05) is 18.2 Å². The van der Waals surface area contributed by atoms with E-state index in [-0.39, 0.29) is 30.5 Å². The second-order valence-electron chi connectivity index (χ2n) is 6.15. The minimum atomic E-state index is -0.561. The third-order valence-electron chi connectivity index (χ3n) is 4.37. The Labute approximate surface area is 153 Å². The Hall–Kier alpha value is -3.62. The Kier molecular flexibility index (Phi) is 4.33. The van der Waals surface area contributed by atoms with Crippen molar-refractivity contribution in [2.75, 3.05) is 16.8 Å². The number of hydrogen-bond donors (Lipinski definition) is 1. The van der Waals surface area contributed by atoms with Crippen molar-refractivity contribution in [3.8, 4) is 5.69 Å². The predicted molar refractivity (Wildman–Crippen MR) is 94.6 cm³/mol. The summed E-state index contributed by atoms with van der Waals surface area (Å²) in [5, 5.41) is 13.8. The van der Waals surface area contributed by atoms with Gasteiger partial charge in [0, 0.05) is 18.7 Å². The molecule has 0 aliphatic carbocycles. The van der Waals surface area contributed by atoms with E-state index in [1.807, 2.05) is 0 Å². The van der Waals surface area contributed by atoms with Crippen LogP contribution in [0.2, 0.25) is 0 Å². The number of anilines is 2. The molecule has 1 aliphatic heterocycles. The van der Waals surface area contributed by atoms with E-state index in [9.17, 15) is 14.0 Å². The molecule has 1 saturated heterocycles. The van der Waals surface area contributed by atoms with E-state index in [0.717, 1.165) is 0 Å². The van der Waals surface area contributed by atoms with Crippen LogP contribution in [0.4, 0.5) is 15.8 Å². The zero-order valence-electron chi connectivity index (χ0n) is 14.1. The summed E-state index contributed by atoms with van der Waals surface area (Å²) >= 11 is 0. The zero-order valence-corrected chi connectivity index (χ0v) is 14.1. The van der Waals surface area contributed by atoms with Crippen LogP contribution >= 0.6 is 0 Å². The average Bonchev–Trinajstić information content (AvgIpc) is 3.32. The molecule has 0 bridgehead atoms. The molecule has 4 rings (SSSR count). The number of tetrazole rings is 1. The second kappa shape index (κ2) is 6.94. The number of hydrogen-bond acceptors (Lipinski definition) is 5. The zero-order chi connectivity index (χ0) is 18.8. The maximum Gasteiger partial charge on any atom is 0.229 e. The number of carbonyl (C=O) groups is 2. The SMILES string of the molecule is O=C(Nc1cccc(-n2cnnn2)c1)[C@@H]1CC(=O)N(c2ccccc2F)C1. The first-order valence-electron chi connectivity index (χ1n) is 8.31. The second-order valence-corrected chi connectivity index (χ2v) is 6.15. The van der Waals surface area contributed by atoms with Gasteiger partial charge in [0.2, 0.25) is 11.8 Å². The fourth-order valence-electron chi connectivity index (χ4n) is 3.04. The molecule has 27 heavy (non-hydrogen) atoms. The summed E-state index contributed by atoms with van der Waals surface area (Å²) in [6, 6.07) is 13.0. The summed E-state index contributed by atoms with van der Waals surface area (Å²) in [6.07, 6.45) is 1.48. The lowest BCUT2D eigenvalue weighted by molar-refractivity contribution is -0.122. The quantitative estimate of drug-likeness (QED) is 0.760. The van der Waals surface area contributed by atoms with Crippen LogP contribution in [-0.4, -0.2) is 38.6 Å². The molecule has 2 aromatic carbocycles. The average molecular weight is 366 g/mol. The van der Waals surface area contributed by atoms with Gasteiger partial charge < -0.3 is 10.2 Å². The Bertz CT molecular complexity index is 991. The largest absolute Gasteiger partial charge is 0.326 e. The molecule has 1 N–H and O–H groups in total. The Balaban J connectivity index is 1.47. The monoisotopic (exact) mass is 366 g/mol. The Morgan fingerprint density at radius 1 is 1.19 bits per heavy atom. The van der Waals surface area contributed by atoms with Gasteiger partial charge in [-0.25, -0.2) is 9.07 Å². The first-order valence-corrected chi connectivity index (χ1v) is 8.31. The van der Waals surface area contributed by atoms with Crippen LogP contribution in [0.15, 0.2) is 54.9 Å². The highest BCUT2D eigenvalue weighted by atomic mass is 19.1. The van der Waals surface area contributed by atoms with E-state index in [0.29, 0.717) is 11.4 Å². The van der Waals surface area contributed by atoms with Crippen molar-refractivity contribution in [3.05, 3.63) is 60.7 Å². The van der Waals surface area contributed by atoms with E-state index in [4.69, 9.17) is 0 Å². The van der Waals surface area contributed by atoms with Gasteiger partial charge in [-0.05, 0) is 40.8 Å². The molecule has 0 unspecified atom stereocenters. The normalized spacial score (nSPS) is 16.6. The van der Waals surface area contributed by atoms with E-state index >= 15 is 0 Å². The number of nitrogens with one attached hydrogen (secondary N) is 1. The summed E-state index contributed by atoms with van der Waals surface area (Å²) in [5.41, 5.74) is 1.44. The molecular formula is C18H15FN6O2. The van der Waals surface area contributed by atoms with Gasteiger partial charge in [0.05, 0.1) is 17.3 Å². The highest BCUT2D eigenvalue weighted by Gasteiger charge is 2.36. The molecule has 1 atom stereocenters. The topological polar surface area (TPSA) is 93.0 Å². The standard InChI is InChI=1S/C18H15FN6O2/c19-15-6-1-2-7-16(15)24-10-12(8-17(24)26)18(27)21-13-4-3-5-14(9-13)25-11-20-22-23-25/h1-7,9,11-12H,8,10H2,(H,21,27)/t12-/m1/s1. The summed E-state index contributed by atoms with van der Waals surface area (Å²) in [4.78, 5) is 26.2. The number of nitrogens with zero attached hydrogens (tertiary/aromatic N) is 5. The van der Waals surface area contributed by atoms with Gasteiger partial charge in [0.15, 0.2) is 0 Å². The van der Waals surface area contributed by atoms with Gasteiger partial charge >= 0.3 is 0 Å². The smallest absolute Gasteiger partial charge is 0.229 e. The van der Waals surface area contributed by atoms with Gasteiger partial charge in [0.1, 0.15) is 12.1 Å². The molecule has 136 valence electrons. The number of para-hydroxylation sites is 1. The summed E-state index contributed by atoms with van der Waals surface area (Å²) in [5.74, 6) is -1.62. The third kappa shape index (κ3) is 3.39. The number of carbonyl (C=O) groups excluding carboxylic acids is 2. The van der Waals surface area contributed by atoms with Crippen molar-refractivity contribution in [2.24, 2.45) is 5.92 Å². The third-order valence-corrected chi connectivity index (χ3v) is 4.37. The lowest BCUT2D eigenvalue weighted by Gasteiger charge is -2.17. The molecule has 2 heterocycles. The minimum Gasteiger partial charge on any atom is -0.326 e. The maximum absolute atomic E-state index is 14.0. The summed E-state index contributed by atoms with van der Waals surface area (Å²) < 4.78 is 15.4. The van der Waals surface area contributed by atoms with Crippen LogP contribution in [0.25, 0.3) is 5.69 Å². The van der Waals surface area contributed by atoms with Crippen LogP contribution in [0.5, 0.6) is 0 Å². The van der Waals surface area contributed by atoms with Gasteiger partial charge in [-0.2, -0.15) is 0 Å². The van der Waals surface area contributed by atoms with Crippen molar-refractivity contribution in [1.82, 2.24) is 20.2 Å². The Morgan fingerprint density at radius 2 is 2.04 bits per heavy atom. The molecule has 0 radical (unpaired) electrons. The number of rotatable bonds is 4. The van der Waals surface area contributed by atoms with Crippen LogP contribution in [0.1, 0.15) is 6.42 Å². The number of aromatic nitrogens is 4. The molecule has 0 spiro atoms. The van der Waals surface area contributed by atoms with Gasteiger partial charge in [-0.3, -0.25) is 9.59 Å². The lowest BCUT2D eigenvalue weighted by atomic mass is 10.1. The van der Waals surface area contributed by atoms with E-state index in [2.05, 4.69) is 20.8 Å². The predicted octanol–water partition coefficient (Wildman–Crippen LogP) is 1.79. The molecule has 0 saturated carbocycles. The molecule has 2 amide bonds. The minimum absolute atomic E-state index is 0.0346. The molecule has 8 nitrogen and oxygen atoms in total. The Morgan fingerprint density at radius 3 is 2.81 bits per heavy atom. The van der Waals surface area contributed by atoms with Gasteiger partial charge in [0.25, 0.3) is 0 Å². The lowest BCUT2D eigenvalue weighted by Crippen LogP contribution is -2.28. The number of halogens is 1. The molecule has 1 fully saturated rings. The van der Waals surface area contributed by atoms with E-state index in [1.54, 1.807) is 36.4 Å². The van der Waals surface area contributed by atoms with Crippen molar-refractivity contribution in [3.63, 3.8) is 0 Å². The first kappa shape index (κ1) is 16.8. The van der Waals surface area contributed by atoms with Crippen molar-refractivity contribution in [2.45, 2.75) is 6.42 Å². The van der Waals surface area contributed by atoms with Gasteiger partial charge in [-0.15, -0.1) is 5.10 Å². The highest BCUT2D eigenvalue weighted by Crippen LogP contribution is 2.28.